The molecule has 3 N–H and O–H groups in total. The van der Waals surface area contributed by atoms with Gasteiger partial charge in [-0.1, -0.05) is 11.6 Å². The van der Waals surface area contributed by atoms with E-state index in [-0.39, 0.29) is 30.4 Å². The molecule has 0 bridgehead atoms. The fourth-order valence-corrected chi connectivity index (χ4v) is 3.03. The van der Waals surface area contributed by atoms with Gasteiger partial charge >= 0.3 is 6.03 Å². The second-order valence-corrected chi connectivity index (χ2v) is 5.97. The molecule has 1 aromatic carbocycles. The number of rotatable bonds is 3. The number of anilines is 1. The Hall–Kier alpha value is -1.50. The van der Waals surface area contributed by atoms with Gasteiger partial charge in [0.05, 0.1) is 10.7 Å². The summed E-state index contributed by atoms with van der Waals surface area (Å²) in [5, 5.41) is 9.48. The van der Waals surface area contributed by atoms with Crippen molar-refractivity contribution in [2.45, 2.75) is 18.9 Å². The summed E-state index contributed by atoms with van der Waals surface area (Å²) >= 11 is 6.17. The number of piperidine rings is 1. The summed E-state index contributed by atoms with van der Waals surface area (Å²) in [6.45, 7) is 2.93. The predicted molar refractivity (Wildman–Crippen MR) is 92.8 cm³/mol. The van der Waals surface area contributed by atoms with Crippen LogP contribution in [0.2, 0.25) is 5.02 Å². The molecule has 3 amide bonds. The van der Waals surface area contributed by atoms with E-state index in [4.69, 9.17) is 11.6 Å². The summed E-state index contributed by atoms with van der Waals surface area (Å²) < 4.78 is 0. The number of urea groups is 1. The van der Waals surface area contributed by atoms with Crippen LogP contribution in [-0.2, 0) is 0 Å². The lowest BCUT2D eigenvalue weighted by Crippen LogP contribution is -2.45. The fraction of sp³-hybridized carbons (Fsp3) is 0.467. The molecule has 2 heterocycles. The first kappa shape index (κ1) is 17.8. The van der Waals surface area contributed by atoms with Gasteiger partial charge in [0.25, 0.3) is 5.91 Å². The maximum atomic E-state index is 12.4. The van der Waals surface area contributed by atoms with Gasteiger partial charge in [-0.15, -0.1) is 12.4 Å². The van der Waals surface area contributed by atoms with E-state index in [0.29, 0.717) is 29.4 Å². The third-order valence-electron chi connectivity index (χ3n) is 3.99. The number of benzene rings is 1. The van der Waals surface area contributed by atoms with Crippen molar-refractivity contribution in [2.75, 3.05) is 31.1 Å². The molecule has 3 rings (SSSR count). The minimum Gasteiger partial charge on any atom is -0.348 e. The maximum Gasteiger partial charge on any atom is 0.322 e. The Bertz CT molecular complexity index is 591. The second kappa shape index (κ2) is 7.86. The topological polar surface area (TPSA) is 73.5 Å². The Morgan fingerprint density at radius 1 is 1.35 bits per heavy atom. The SMILES string of the molecule is Cl.O=C(NC1CCCNC1)c1ccc(Cl)c(N2CCNC2=O)c1. The van der Waals surface area contributed by atoms with Crippen LogP contribution in [0.4, 0.5) is 10.5 Å². The monoisotopic (exact) mass is 358 g/mol. The van der Waals surface area contributed by atoms with Crippen LogP contribution >= 0.6 is 24.0 Å². The first-order chi connectivity index (χ1) is 10.6. The Balaban J connectivity index is 0.00000192. The number of carbonyl (C=O) groups excluding carboxylic acids is 2. The summed E-state index contributed by atoms with van der Waals surface area (Å²) in [6, 6.07) is 4.99. The molecule has 0 aliphatic carbocycles. The summed E-state index contributed by atoms with van der Waals surface area (Å²) in [5.74, 6) is -0.133. The van der Waals surface area contributed by atoms with E-state index < -0.39 is 0 Å². The van der Waals surface area contributed by atoms with Gasteiger partial charge in [-0.3, -0.25) is 9.69 Å². The minimum atomic E-state index is -0.184. The molecule has 2 saturated heterocycles. The molecule has 6 nitrogen and oxygen atoms in total. The van der Waals surface area contributed by atoms with E-state index in [0.717, 1.165) is 25.9 Å². The van der Waals surface area contributed by atoms with Crippen molar-refractivity contribution < 1.29 is 9.59 Å². The first-order valence-electron chi connectivity index (χ1n) is 7.51. The second-order valence-electron chi connectivity index (χ2n) is 5.57. The molecule has 0 saturated carbocycles. The number of nitrogens with zero attached hydrogens (tertiary/aromatic N) is 1. The van der Waals surface area contributed by atoms with Crippen LogP contribution in [0.1, 0.15) is 23.2 Å². The van der Waals surface area contributed by atoms with Gasteiger partial charge in [0.1, 0.15) is 0 Å². The average Bonchev–Trinajstić information content (AvgIpc) is 2.94. The van der Waals surface area contributed by atoms with Crippen molar-refractivity contribution in [3.63, 3.8) is 0 Å². The number of carbonyl (C=O) groups is 2. The molecule has 0 aromatic heterocycles. The predicted octanol–water partition coefficient (Wildman–Crippen LogP) is 1.77. The Morgan fingerprint density at radius 2 is 2.17 bits per heavy atom. The van der Waals surface area contributed by atoms with Crippen molar-refractivity contribution in [3.05, 3.63) is 28.8 Å². The number of hydrogen-bond acceptors (Lipinski definition) is 3. The normalized spacial score (nSPS) is 20.7. The van der Waals surface area contributed by atoms with Crippen molar-refractivity contribution in [1.29, 1.82) is 0 Å². The van der Waals surface area contributed by atoms with Crippen LogP contribution in [0.5, 0.6) is 0 Å². The zero-order valence-electron chi connectivity index (χ0n) is 12.6. The molecule has 1 atom stereocenters. The highest BCUT2D eigenvalue weighted by atomic mass is 35.5. The summed E-state index contributed by atoms with van der Waals surface area (Å²) in [4.78, 5) is 25.7. The van der Waals surface area contributed by atoms with E-state index in [1.54, 1.807) is 23.1 Å². The van der Waals surface area contributed by atoms with Crippen LogP contribution < -0.4 is 20.9 Å². The standard InChI is InChI=1S/C15H19ClN4O2.ClH/c16-12-4-3-10(8-13(12)20-7-6-18-15(20)22)14(21)19-11-2-1-5-17-9-11;/h3-4,8,11,17H,1-2,5-7,9H2,(H,18,22)(H,19,21);1H. The van der Waals surface area contributed by atoms with Gasteiger partial charge < -0.3 is 16.0 Å². The van der Waals surface area contributed by atoms with Crippen molar-refractivity contribution in [1.82, 2.24) is 16.0 Å². The van der Waals surface area contributed by atoms with Crippen LogP contribution in [0.25, 0.3) is 0 Å². The molecule has 2 fully saturated rings. The van der Waals surface area contributed by atoms with Gasteiger partial charge in [-0.25, -0.2) is 4.79 Å². The highest BCUT2D eigenvalue weighted by molar-refractivity contribution is 6.34. The van der Waals surface area contributed by atoms with Crippen molar-refractivity contribution >= 4 is 41.6 Å². The molecule has 126 valence electrons. The smallest absolute Gasteiger partial charge is 0.322 e. The van der Waals surface area contributed by atoms with E-state index in [1.165, 1.54) is 0 Å². The number of halogens is 2. The van der Waals surface area contributed by atoms with Crippen LogP contribution in [-0.4, -0.2) is 44.2 Å². The number of nitrogens with one attached hydrogen (secondary N) is 3. The lowest BCUT2D eigenvalue weighted by Gasteiger charge is -2.24. The van der Waals surface area contributed by atoms with E-state index in [2.05, 4.69) is 16.0 Å². The zero-order valence-corrected chi connectivity index (χ0v) is 14.2. The first-order valence-corrected chi connectivity index (χ1v) is 7.89. The molecule has 1 unspecified atom stereocenters. The molecule has 8 heteroatoms. The van der Waals surface area contributed by atoms with Gasteiger partial charge in [0.15, 0.2) is 0 Å². The molecule has 0 spiro atoms. The molecular weight excluding hydrogens is 339 g/mol. The lowest BCUT2D eigenvalue weighted by atomic mass is 10.1. The Kier molecular flexibility index (Phi) is 6.10. The summed E-state index contributed by atoms with van der Waals surface area (Å²) in [7, 11) is 0. The average molecular weight is 359 g/mol. The zero-order chi connectivity index (χ0) is 15.5. The van der Waals surface area contributed by atoms with Crippen LogP contribution in [0, 0.1) is 0 Å². The highest BCUT2D eigenvalue weighted by Crippen LogP contribution is 2.28. The quantitative estimate of drug-likeness (QED) is 0.770. The number of hydrogen-bond donors (Lipinski definition) is 3. The fourth-order valence-electron chi connectivity index (χ4n) is 2.81. The molecule has 2 aliphatic rings. The van der Waals surface area contributed by atoms with Crippen molar-refractivity contribution in [3.8, 4) is 0 Å². The van der Waals surface area contributed by atoms with Gasteiger partial charge in [0, 0.05) is 31.2 Å². The van der Waals surface area contributed by atoms with Gasteiger partial charge in [-0.2, -0.15) is 0 Å². The maximum absolute atomic E-state index is 12.4. The van der Waals surface area contributed by atoms with Crippen molar-refractivity contribution in [2.24, 2.45) is 0 Å². The third kappa shape index (κ3) is 4.07. The third-order valence-corrected chi connectivity index (χ3v) is 4.31. The van der Waals surface area contributed by atoms with Gasteiger partial charge in [0.2, 0.25) is 0 Å². The number of amides is 3. The molecule has 0 radical (unpaired) electrons. The van der Waals surface area contributed by atoms with Crippen LogP contribution in [0.15, 0.2) is 18.2 Å². The van der Waals surface area contributed by atoms with E-state index in [9.17, 15) is 9.59 Å². The summed E-state index contributed by atoms with van der Waals surface area (Å²) in [6.07, 6.45) is 2.04. The Labute approximate surface area is 146 Å². The van der Waals surface area contributed by atoms with Crippen LogP contribution in [0.3, 0.4) is 0 Å². The molecular formula is C15H20Cl2N4O2. The van der Waals surface area contributed by atoms with E-state index >= 15 is 0 Å². The van der Waals surface area contributed by atoms with Gasteiger partial charge in [-0.05, 0) is 37.6 Å². The lowest BCUT2D eigenvalue weighted by molar-refractivity contribution is 0.0930. The Morgan fingerprint density at radius 3 is 2.83 bits per heavy atom. The largest absolute Gasteiger partial charge is 0.348 e. The highest BCUT2D eigenvalue weighted by Gasteiger charge is 2.24. The van der Waals surface area contributed by atoms with E-state index in [1.807, 2.05) is 0 Å². The molecule has 2 aliphatic heterocycles. The minimum absolute atomic E-state index is 0. The molecule has 23 heavy (non-hydrogen) atoms. The summed E-state index contributed by atoms with van der Waals surface area (Å²) in [5.41, 5.74) is 1.09. The molecule has 1 aromatic rings.